The maximum Gasteiger partial charge on any atom is 0.309 e. The Hall–Kier alpha value is -1.87. The van der Waals surface area contributed by atoms with Gasteiger partial charge in [0.15, 0.2) is 0 Å². The van der Waals surface area contributed by atoms with Gasteiger partial charge in [-0.1, -0.05) is 32.4 Å². The molecule has 0 saturated heterocycles. The normalized spacial score (nSPS) is 32.1. The summed E-state index contributed by atoms with van der Waals surface area (Å²) in [7, 11) is 0. The molecule has 0 amide bonds. The van der Waals surface area contributed by atoms with Crippen LogP contribution < -0.4 is 0 Å². The molecule has 2 heterocycles. The highest BCUT2D eigenvalue weighted by Gasteiger charge is 2.42. The van der Waals surface area contributed by atoms with E-state index in [0.29, 0.717) is 19.4 Å². The second-order valence-corrected chi connectivity index (χ2v) is 10.9. The fourth-order valence-electron chi connectivity index (χ4n) is 3.95. The molecule has 8 heteroatoms. The molecule has 2 N–H and O–H groups in total. The van der Waals surface area contributed by atoms with Crippen LogP contribution in [-0.2, 0) is 19.1 Å². The minimum absolute atomic E-state index is 0.324. The summed E-state index contributed by atoms with van der Waals surface area (Å²) in [5.41, 5.74) is 1.48. The number of aryl methyl sites for hydroxylation is 1. The van der Waals surface area contributed by atoms with Gasteiger partial charge in [0.2, 0.25) is 0 Å². The highest BCUT2D eigenvalue weighted by Crippen LogP contribution is 2.31. The van der Waals surface area contributed by atoms with Crippen molar-refractivity contribution >= 4 is 29.2 Å². The lowest BCUT2D eigenvalue weighted by Gasteiger charge is -2.34. The molecule has 0 aromatic carbocycles. The van der Waals surface area contributed by atoms with Crippen LogP contribution in [0.15, 0.2) is 22.6 Å². The van der Waals surface area contributed by atoms with Gasteiger partial charge in [-0.25, -0.2) is 4.98 Å². The van der Waals surface area contributed by atoms with Crippen LogP contribution in [0, 0.1) is 18.3 Å². The monoisotopic (exact) mass is 493 g/mol. The highest BCUT2D eigenvalue weighted by molar-refractivity contribution is 7.09. The Morgan fingerprint density at radius 2 is 1.91 bits per heavy atom. The predicted molar refractivity (Wildman–Crippen MR) is 133 cm³/mol. The third-order valence-corrected chi connectivity index (χ3v) is 7.38. The van der Waals surface area contributed by atoms with E-state index in [1.807, 2.05) is 38.3 Å². The van der Waals surface area contributed by atoms with Gasteiger partial charge >= 0.3 is 5.97 Å². The largest absolute Gasteiger partial charge is 0.457 e. The Kier molecular flexibility index (Phi) is 10.2. The van der Waals surface area contributed by atoms with Crippen molar-refractivity contribution in [1.82, 2.24) is 4.98 Å². The molecule has 0 spiro atoms. The topological polar surface area (TPSA) is 106 Å². The molecule has 0 radical (unpaired) electrons. The number of ketones is 1. The number of rotatable bonds is 2. The lowest BCUT2D eigenvalue weighted by molar-refractivity contribution is -0.154. The zero-order valence-electron chi connectivity index (χ0n) is 21.3. The van der Waals surface area contributed by atoms with Crippen molar-refractivity contribution in [1.29, 1.82) is 0 Å². The third kappa shape index (κ3) is 7.57. The predicted octanol–water partition coefficient (Wildman–Crippen LogP) is 4.26. The van der Waals surface area contributed by atoms with E-state index >= 15 is 0 Å². The average molecular weight is 494 g/mol. The van der Waals surface area contributed by atoms with Gasteiger partial charge in [-0.05, 0) is 45.8 Å². The van der Waals surface area contributed by atoms with Crippen LogP contribution in [0.5, 0.6) is 0 Å². The van der Waals surface area contributed by atoms with Crippen LogP contribution in [0.25, 0.3) is 6.08 Å². The molecule has 5 atom stereocenters. The molecule has 1 aliphatic rings. The summed E-state index contributed by atoms with van der Waals surface area (Å²) in [5.74, 6) is -1.67. The lowest BCUT2D eigenvalue weighted by atomic mass is 9.74. The number of carbonyl (C=O) groups is 2. The van der Waals surface area contributed by atoms with E-state index in [4.69, 9.17) is 9.47 Å². The summed E-state index contributed by atoms with van der Waals surface area (Å²) in [6.45, 7) is 12.7. The molecular formula is C26H39NO6S. The number of esters is 1. The number of thiazole rings is 1. The molecule has 1 aliphatic heterocycles. The van der Waals surface area contributed by atoms with E-state index < -0.39 is 41.7 Å². The Balaban J connectivity index is 2.33. The van der Waals surface area contributed by atoms with Crippen molar-refractivity contribution in [3.8, 4) is 0 Å². The van der Waals surface area contributed by atoms with Gasteiger partial charge in [0.1, 0.15) is 11.9 Å². The van der Waals surface area contributed by atoms with E-state index in [1.165, 1.54) is 0 Å². The number of carbonyl (C=O) groups excluding carboxylic acids is 2. The van der Waals surface area contributed by atoms with E-state index in [9.17, 15) is 19.8 Å². The Bertz CT molecular complexity index is 918. The minimum atomic E-state index is -1.25. The van der Waals surface area contributed by atoms with Crippen molar-refractivity contribution in [2.24, 2.45) is 11.3 Å². The maximum absolute atomic E-state index is 13.1. The first kappa shape index (κ1) is 28.4. The molecule has 0 saturated carbocycles. The van der Waals surface area contributed by atoms with Gasteiger partial charge in [0.25, 0.3) is 0 Å². The molecule has 2 rings (SSSR count). The number of hydrogen-bond donors (Lipinski definition) is 2. The first-order valence-corrected chi connectivity index (χ1v) is 12.7. The highest BCUT2D eigenvalue weighted by atomic mass is 32.1. The zero-order chi connectivity index (χ0) is 25.6. The summed E-state index contributed by atoms with van der Waals surface area (Å²) in [5, 5.41) is 24.3. The van der Waals surface area contributed by atoms with Crippen molar-refractivity contribution < 1.29 is 29.3 Å². The minimum Gasteiger partial charge on any atom is -0.457 e. The molecule has 0 bridgehead atoms. The summed E-state index contributed by atoms with van der Waals surface area (Å²) in [6, 6.07) is 0. The zero-order valence-corrected chi connectivity index (χ0v) is 22.1. The number of aliphatic hydroxyl groups is 2. The summed E-state index contributed by atoms with van der Waals surface area (Å²) < 4.78 is 11.6. The molecule has 1 aromatic rings. The average Bonchev–Trinajstić information content (AvgIpc) is 3.18. The third-order valence-electron chi connectivity index (χ3n) is 6.59. The molecule has 0 aliphatic carbocycles. The number of hydrogen-bond acceptors (Lipinski definition) is 8. The van der Waals surface area contributed by atoms with Crippen LogP contribution in [0.3, 0.4) is 0 Å². The van der Waals surface area contributed by atoms with Crippen molar-refractivity contribution in [3.05, 3.63) is 33.3 Å². The molecule has 190 valence electrons. The van der Waals surface area contributed by atoms with Crippen LogP contribution in [0.4, 0.5) is 0 Å². The molecule has 0 fully saturated rings. The van der Waals surface area contributed by atoms with E-state index in [1.54, 1.807) is 39.0 Å². The number of ether oxygens (including phenoxy) is 2. The van der Waals surface area contributed by atoms with Gasteiger partial charge in [-0.15, -0.1) is 11.3 Å². The second kappa shape index (κ2) is 12.2. The lowest BCUT2D eigenvalue weighted by Crippen LogP contribution is -2.47. The fraction of sp³-hybridized carbons (Fsp3) is 0.654. The van der Waals surface area contributed by atoms with E-state index in [-0.39, 0.29) is 12.2 Å². The number of cyclic esters (lactones) is 1. The Morgan fingerprint density at radius 3 is 2.53 bits per heavy atom. The SMILES string of the molecule is C/C1=C/C[C@@H](/C(C)=C/c2csc(C)n2)OC(=O)C[C@H](O)C(C)(C)C(=O)[C@H](C)[C@@H](O)[C@@H](C)OCC1. The van der Waals surface area contributed by atoms with E-state index in [0.717, 1.165) is 21.8 Å². The molecule has 0 unspecified atom stereocenters. The van der Waals surface area contributed by atoms with E-state index in [2.05, 4.69) is 4.98 Å². The van der Waals surface area contributed by atoms with Crippen LogP contribution in [-0.4, -0.2) is 58.0 Å². The molecule has 1 aromatic heterocycles. The second-order valence-electron chi connectivity index (χ2n) is 9.86. The van der Waals surface area contributed by atoms with Gasteiger partial charge in [0, 0.05) is 17.7 Å². The summed E-state index contributed by atoms with van der Waals surface area (Å²) in [6.07, 6.45) is 1.38. The van der Waals surface area contributed by atoms with Crippen molar-refractivity contribution in [2.75, 3.05) is 6.61 Å². The van der Waals surface area contributed by atoms with Gasteiger partial charge in [-0.3, -0.25) is 9.59 Å². The Morgan fingerprint density at radius 1 is 1.24 bits per heavy atom. The van der Waals surface area contributed by atoms with Crippen LogP contribution in [0.1, 0.15) is 71.5 Å². The number of aromatic nitrogens is 1. The first-order valence-electron chi connectivity index (χ1n) is 11.8. The first-order chi connectivity index (χ1) is 15.8. The molecule has 7 nitrogen and oxygen atoms in total. The summed E-state index contributed by atoms with van der Waals surface area (Å²) in [4.78, 5) is 30.4. The Labute approximate surface area is 206 Å². The van der Waals surface area contributed by atoms with Gasteiger partial charge in [0.05, 0.1) is 47.5 Å². The molecular weight excluding hydrogens is 454 g/mol. The summed E-state index contributed by atoms with van der Waals surface area (Å²) >= 11 is 1.55. The number of Topliss-reactive ketones (excluding diaryl/α,β-unsaturated/α-hetero) is 1. The van der Waals surface area contributed by atoms with Gasteiger partial charge in [-0.2, -0.15) is 0 Å². The number of aliphatic hydroxyl groups excluding tert-OH is 2. The van der Waals surface area contributed by atoms with Crippen molar-refractivity contribution in [2.45, 2.75) is 92.1 Å². The van der Waals surface area contributed by atoms with Crippen LogP contribution >= 0.6 is 11.3 Å². The van der Waals surface area contributed by atoms with Crippen LogP contribution in [0.2, 0.25) is 0 Å². The van der Waals surface area contributed by atoms with Gasteiger partial charge < -0.3 is 19.7 Å². The smallest absolute Gasteiger partial charge is 0.309 e. The standard InChI is InChI=1S/C26H39NO6S/c1-15-8-9-21(16(2)12-20-14-34-19(5)27-20)33-23(29)13-22(28)26(6,7)25(31)17(3)24(30)18(4)32-11-10-15/h8,12,14,17-18,21-22,24,28,30H,9-11,13H2,1-7H3/b15-8-,16-12+/t17-,18-,21+,22+,24-/m1/s1. The number of nitrogens with zero attached hydrogens (tertiary/aromatic N) is 1. The fourth-order valence-corrected chi connectivity index (χ4v) is 4.52. The maximum atomic E-state index is 13.1. The van der Waals surface area contributed by atoms with Crippen molar-refractivity contribution in [3.63, 3.8) is 0 Å². The molecule has 34 heavy (non-hydrogen) atoms. The quantitative estimate of drug-likeness (QED) is 0.468.